The highest BCUT2D eigenvalue weighted by Crippen LogP contribution is 2.39. The highest BCUT2D eigenvalue weighted by Gasteiger charge is 2.21. The van der Waals surface area contributed by atoms with Crippen LogP contribution in [0.5, 0.6) is 11.5 Å². The SMILES string of the molecule is CNC(c1ccccc1Cl)c1cc(OC)c(Br)cc1OC. The predicted octanol–water partition coefficient (Wildman–Crippen LogP) is 4.43. The minimum Gasteiger partial charge on any atom is -0.496 e. The van der Waals surface area contributed by atoms with Gasteiger partial charge in [0.2, 0.25) is 0 Å². The fourth-order valence-corrected chi connectivity index (χ4v) is 3.03. The molecule has 3 nitrogen and oxygen atoms in total. The molecule has 0 radical (unpaired) electrons. The molecule has 0 saturated heterocycles. The van der Waals surface area contributed by atoms with E-state index in [9.17, 15) is 0 Å². The summed E-state index contributed by atoms with van der Waals surface area (Å²) in [7, 11) is 5.18. The van der Waals surface area contributed by atoms with Crippen LogP contribution in [-0.2, 0) is 0 Å². The molecule has 0 amide bonds. The fourth-order valence-electron chi connectivity index (χ4n) is 2.30. The summed E-state index contributed by atoms with van der Waals surface area (Å²) in [6.45, 7) is 0. The topological polar surface area (TPSA) is 30.5 Å². The zero-order chi connectivity index (χ0) is 15.4. The Balaban J connectivity index is 2.59. The van der Waals surface area contributed by atoms with Gasteiger partial charge in [0, 0.05) is 10.6 Å². The molecule has 2 aromatic carbocycles. The second-order valence-corrected chi connectivity index (χ2v) is 5.73. The Morgan fingerprint density at radius 3 is 2.29 bits per heavy atom. The Bertz CT molecular complexity index is 634. The van der Waals surface area contributed by atoms with Crippen molar-refractivity contribution >= 4 is 27.5 Å². The molecule has 1 N–H and O–H groups in total. The average molecular weight is 371 g/mol. The molecule has 0 spiro atoms. The van der Waals surface area contributed by atoms with Crippen molar-refractivity contribution < 1.29 is 9.47 Å². The van der Waals surface area contributed by atoms with Crippen molar-refractivity contribution in [3.05, 3.63) is 57.0 Å². The first kappa shape index (κ1) is 16.1. The predicted molar refractivity (Wildman–Crippen MR) is 89.6 cm³/mol. The number of nitrogens with one attached hydrogen (secondary N) is 1. The van der Waals surface area contributed by atoms with E-state index in [-0.39, 0.29) is 6.04 Å². The monoisotopic (exact) mass is 369 g/mol. The molecule has 0 heterocycles. The van der Waals surface area contributed by atoms with Crippen molar-refractivity contribution in [1.82, 2.24) is 5.32 Å². The zero-order valence-electron chi connectivity index (χ0n) is 12.1. The summed E-state index contributed by atoms with van der Waals surface area (Å²) in [6.07, 6.45) is 0. The minimum absolute atomic E-state index is 0.0874. The fraction of sp³-hybridized carbons (Fsp3) is 0.250. The number of hydrogen-bond donors (Lipinski definition) is 1. The van der Waals surface area contributed by atoms with Gasteiger partial charge in [0.05, 0.1) is 24.7 Å². The molecule has 21 heavy (non-hydrogen) atoms. The largest absolute Gasteiger partial charge is 0.496 e. The number of rotatable bonds is 5. The number of methoxy groups -OCH3 is 2. The second kappa shape index (κ2) is 7.16. The molecular weight excluding hydrogens is 354 g/mol. The maximum absolute atomic E-state index is 6.33. The van der Waals surface area contributed by atoms with E-state index in [2.05, 4.69) is 21.2 Å². The summed E-state index contributed by atoms with van der Waals surface area (Å²) in [5, 5.41) is 3.99. The molecular formula is C16H17BrClNO2. The van der Waals surface area contributed by atoms with Crippen LogP contribution >= 0.6 is 27.5 Å². The van der Waals surface area contributed by atoms with Gasteiger partial charge in [-0.2, -0.15) is 0 Å². The van der Waals surface area contributed by atoms with Gasteiger partial charge in [-0.25, -0.2) is 0 Å². The molecule has 0 fully saturated rings. The molecule has 0 aliphatic carbocycles. The van der Waals surface area contributed by atoms with Crippen LogP contribution in [-0.4, -0.2) is 21.3 Å². The lowest BCUT2D eigenvalue weighted by Gasteiger charge is -2.22. The minimum atomic E-state index is -0.0874. The lowest BCUT2D eigenvalue weighted by Crippen LogP contribution is -2.19. The van der Waals surface area contributed by atoms with Crippen LogP contribution < -0.4 is 14.8 Å². The Kier molecular flexibility index (Phi) is 5.51. The van der Waals surface area contributed by atoms with Crippen molar-refractivity contribution in [2.24, 2.45) is 0 Å². The first-order valence-electron chi connectivity index (χ1n) is 6.45. The van der Waals surface area contributed by atoms with Crippen LogP contribution in [0.1, 0.15) is 17.2 Å². The van der Waals surface area contributed by atoms with E-state index in [1.165, 1.54) is 0 Å². The summed E-state index contributed by atoms with van der Waals surface area (Å²) in [5.41, 5.74) is 1.96. The van der Waals surface area contributed by atoms with Crippen molar-refractivity contribution in [2.75, 3.05) is 21.3 Å². The smallest absolute Gasteiger partial charge is 0.133 e. The zero-order valence-corrected chi connectivity index (χ0v) is 14.5. The van der Waals surface area contributed by atoms with E-state index in [4.69, 9.17) is 21.1 Å². The highest BCUT2D eigenvalue weighted by molar-refractivity contribution is 9.10. The number of benzene rings is 2. The first-order valence-corrected chi connectivity index (χ1v) is 7.62. The lowest BCUT2D eigenvalue weighted by atomic mass is 9.97. The average Bonchev–Trinajstić information content (AvgIpc) is 2.50. The highest BCUT2D eigenvalue weighted by atomic mass is 79.9. The summed E-state index contributed by atoms with van der Waals surface area (Å²) in [5.74, 6) is 1.51. The van der Waals surface area contributed by atoms with Gasteiger partial charge in [-0.15, -0.1) is 0 Å². The maximum atomic E-state index is 6.33. The summed E-state index contributed by atoms with van der Waals surface area (Å²) < 4.78 is 11.7. The number of halogens is 2. The van der Waals surface area contributed by atoms with Gasteiger partial charge < -0.3 is 14.8 Å². The normalized spacial score (nSPS) is 12.0. The molecule has 0 bridgehead atoms. The van der Waals surface area contributed by atoms with Crippen LogP contribution in [0.3, 0.4) is 0 Å². The van der Waals surface area contributed by atoms with Crippen molar-refractivity contribution in [2.45, 2.75) is 6.04 Å². The lowest BCUT2D eigenvalue weighted by molar-refractivity contribution is 0.393. The van der Waals surface area contributed by atoms with Gasteiger partial charge in [-0.05, 0) is 46.7 Å². The Morgan fingerprint density at radius 2 is 1.71 bits per heavy atom. The van der Waals surface area contributed by atoms with Crippen LogP contribution in [0.15, 0.2) is 40.9 Å². The molecule has 0 saturated carbocycles. The summed E-state index contributed by atoms with van der Waals surface area (Å²) in [4.78, 5) is 0. The third-order valence-corrected chi connectivity index (χ3v) is 4.28. The molecule has 0 aromatic heterocycles. The van der Waals surface area contributed by atoms with Crippen LogP contribution in [0, 0.1) is 0 Å². The second-order valence-electron chi connectivity index (χ2n) is 4.47. The van der Waals surface area contributed by atoms with E-state index in [0.29, 0.717) is 5.02 Å². The third-order valence-electron chi connectivity index (χ3n) is 3.32. The molecule has 5 heteroatoms. The number of ether oxygens (including phenoxy) is 2. The Morgan fingerprint density at radius 1 is 1.05 bits per heavy atom. The molecule has 1 atom stereocenters. The van der Waals surface area contributed by atoms with Crippen molar-refractivity contribution in [1.29, 1.82) is 0 Å². The number of hydrogen-bond acceptors (Lipinski definition) is 3. The van der Waals surface area contributed by atoms with E-state index in [1.807, 2.05) is 43.4 Å². The molecule has 2 rings (SSSR count). The van der Waals surface area contributed by atoms with E-state index < -0.39 is 0 Å². The van der Waals surface area contributed by atoms with E-state index in [1.54, 1.807) is 14.2 Å². The summed E-state index contributed by atoms with van der Waals surface area (Å²) in [6, 6.07) is 11.5. The van der Waals surface area contributed by atoms with Gasteiger partial charge in [-0.3, -0.25) is 0 Å². The van der Waals surface area contributed by atoms with Gasteiger partial charge in [-0.1, -0.05) is 29.8 Å². The molecule has 1 unspecified atom stereocenters. The van der Waals surface area contributed by atoms with Crippen LogP contribution in [0.25, 0.3) is 0 Å². The molecule has 2 aromatic rings. The quantitative estimate of drug-likeness (QED) is 0.844. The summed E-state index contributed by atoms with van der Waals surface area (Å²) >= 11 is 9.80. The third kappa shape index (κ3) is 3.34. The Hall–Kier alpha value is -1.23. The standard InChI is InChI=1S/C16H17BrClNO2/c1-19-16(10-6-4-5-7-13(10)18)11-8-15(21-3)12(17)9-14(11)20-2/h4-9,16,19H,1-3H3. The Labute approximate surface area is 138 Å². The maximum Gasteiger partial charge on any atom is 0.133 e. The van der Waals surface area contributed by atoms with Crippen LogP contribution in [0.2, 0.25) is 5.02 Å². The van der Waals surface area contributed by atoms with E-state index in [0.717, 1.165) is 27.1 Å². The van der Waals surface area contributed by atoms with E-state index >= 15 is 0 Å². The molecule has 0 aliphatic heterocycles. The van der Waals surface area contributed by atoms with Crippen LogP contribution in [0.4, 0.5) is 0 Å². The molecule has 112 valence electrons. The van der Waals surface area contributed by atoms with Gasteiger partial charge in [0.1, 0.15) is 11.5 Å². The van der Waals surface area contributed by atoms with Gasteiger partial charge in [0.15, 0.2) is 0 Å². The molecule has 0 aliphatic rings. The van der Waals surface area contributed by atoms with Gasteiger partial charge >= 0.3 is 0 Å². The first-order chi connectivity index (χ1) is 10.1. The van der Waals surface area contributed by atoms with Gasteiger partial charge in [0.25, 0.3) is 0 Å². The van der Waals surface area contributed by atoms with Crippen molar-refractivity contribution in [3.8, 4) is 11.5 Å². The van der Waals surface area contributed by atoms with Crippen molar-refractivity contribution in [3.63, 3.8) is 0 Å².